The first kappa shape index (κ1) is 21.1. The topological polar surface area (TPSA) is 76.1 Å². The van der Waals surface area contributed by atoms with Gasteiger partial charge in [0.2, 0.25) is 5.91 Å². The van der Waals surface area contributed by atoms with Crippen LogP contribution in [0.3, 0.4) is 0 Å². The fraction of sp³-hybridized carbons (Fsp3) is 0.429. The van der Waals surface area contributed by atoms with Crippen molar-refractivity contribution >= 4 is 15.7 Å². The highest BCUT2D eigenvalue weighted by atomic mass is 32.2. The first-order valence-corrected chi connectivity index (χ1v) is 10.8. The molecule has 0 aliphatic rings. The second-order valence-electron chi connectivity index (χ2n) is 7.45. The van der Waals surface area contributed by atoms with Gasteiger partial charge in [-0.25, -0.2) is 8.42 Å². The van der Waals surface area contributed by atoms with E-state index in [0.717, 1.165) is 5.56 Å². The molecule has 0 saturated carbocycles. The number of rotatable bonds is 8. The molecule has 6 heteroatoms. The van der Waals surface area contributed by atoms with Gasteiger partial charge in [0.1, 0.15) is 5.25 Å². The van der Waals surface area contributed by atoms with Crippen LogP contribution in [0.2, 0.25) is 0 Å². The van der Waals surface area contributed by atoms with E-state index in [-0.39, 0.29) is 23.3 Å². The molecule has 1 atom stereocenters. The number of hydrogen-bond acceptors (Lipinski definition) is 4. The first-order chi connectivity index (χ1) is 12.7. The molecule has 0 fully saturated rings. The van der Waals surface area contributed by atoms with Crippen LogP contribution in [0.15, 0.2) is 53.7 Å². The molecule has 1 aromatic carbocycles. The molecule has 27 heavy (non-hydrogen) atoms. The summed E-state index contributed by atoms with van der Waals surface area (Å²) in [6.45, 7) is 8.04. The number of nitrogens with one attached hydrogen (secondary N) is 1. The lowest BCUT2D eigenvalue weighted by Gasteiger charge is -2.19. The summed E-state index contributed by atoms with van der Waals surface area (Å²) in [6, 6.07) is 10.4. The Morgan fingerprint density at radius 1 is 1.04 bits per heavy atom. The van der Waals surface area contributed by atoms with E-state index in [1.807, 2.05) is 26.0 Å². The van der Waals surface area contributed by atoms with Gasteiger partial charge in [-0.1, -0.05) is 45.9 Å². The standard InChI is InChI=1S/C21H28N2O3S/c1-15(2)12-21(24)23-14-20(18-6-5-11-22-13-18)27(25,26)19-9-7-17(8-10-19)16(3)4/h5-11,13,15-16,20H,12,14H2,1-4H3,(H,23,24)/t20-/m1/s1. The van der Waals surface area contributed by atoms with Crippen molar-refractivity contribution in [1.29, 1.82) is 0 Å². The quantitative estimate of drug-likeness (QED) is 0.744. The van der Waals surface area contributed by atoms with Crippen molar-refractivity contribution in [2.45, 2.75) is 50.2 Å². The fourth-order valence-electron chi connectivity index (χ4n) is 2.83. The Kier molecular flexibility index (Phi) is 7.13. The number of sulfone groups is 1. The van der Waals surface area contributed by atoms with E-state index < -0.39 is 15.1 Å². The van der Waals surface area contributed by atoms with Crippen molar-refractivity contribution < 1.29 is 13.2 Å². The van der Waals surface area contributed by atoms with Crippen LogP contribution in [0.4, 0.5) is 0 Å². The monoisotopic (exact) mass is 388 g/mol. The number of aromatic nitrogens is 1. The molecule has 1 heterocycles. The summed E-state index contributed by atoms with van der Waals surface area (Å²) < 4.78 is 26.5. The zero-order valence-corrected chi connectivity index (χ0v) is 17.2. The molecule has 146 valence electrons. The van der Waals surface area contributed by atoms with E-state index >= 15 is 0 Å². The van der Waals surface area contributed by atoms with Gasteiger partial charge in [0, 0.05) is 25.4 Å². The SMILES string of the molecule is CC(C)CC(=O)NC[C@H](c1cccnc1)S(=O)(=O)c1ccc(C(C)C)cc1. The van der Waals surface area contributed by atoms with Gasteiger partial charge in [0.05, 0.1) is 4.90 Å². The van der Waals surface area contributed by atoms with Crippen molar-refractivity contribution in [3.8, 4) is 0 Å². The second kappa shape index (κ2) is 9.13. The van der Waals surface area contributed by atoms with Crippen LogP contribution < -0.4 is 5.32 Å². The third-order valence-electron chi connectivity index (χ3n) is 4.38. The number of carbonyl (C=O) groups excluding carboxylic acids is 1. The Hall–Kier alpha value is -2.21. The summed E-state index contributed by atoms with van der Waals surface area (Å²) in [4.78, 5) is 16.3. The van der Waals surface area contributed by atoms with Crippen LogP contribution in [0.25, 0.3) is 0 Å². The maximum absolute atomic E-state index is 13.3. The van der Waals surface area contributed by atoms with Crippen LogP contribution in [0.1, 0.15) is 56.4 Å². The predicted octanol–water partition coefficient (Wildman–Crippen LogP) is 3.88. The second-order valence-corrected chi connectivity index (χ2v) is 9.58. The van der Waals surface area contributed by atoms with Crippen LogP contribution in [-0.2, 0) is 14.6 Å². The van der Waals surface area contributed by atoms with E-state index in [2.05, 4.69) is 24.1 Å². The van der Waals surface area contributed by atoms with Crippen LogP contribution >= 0.6 is 0 Å². The van der Waals surface area contributed by atoms with Gasteiger partial charge in [-0.15, -0.1) is 0 Å². The van der Waals surface area contributed by atoms with Gasteiger partial charge in [-0.3, -0.25) is 9.78 Å². The van der Waals surface area contributed by atoms with Crippen LogP contribution in [0.5, 0.6) is 0 Å². The number of hydrogen-bond donors (Lipinski definition) is 1. The Labute approximate surface area is 162 Å². The van der Waals surface area contributed by atoms with Gasteiger partial charge in [-0.05, 0) is 41.2 Å². The average molecular weight is 389 g/mol. The third-order valence-corrected chi connectivity index (χ3v) is 6.50. The number of pyridine rings is 1. The molecule has 0 aliphatic heterocycles. The van der Waals surface area contributed by atoms with E-state index in [9.17, 15) is 13.2 Å². The molecular weight excluding hydrogens is 360 g/mol. The van der Waals surface area contributed by atoms with Crippen LogP contribution in [0, 0.1) is 5.92 Å². The summed E-state index contributed by atoms with van der Waals surface area (Å²) in [5.41, 5.74) is 1.65. The van der Waals surface area contributed by atoms with Crippen LogP contribution in [-0.4, -0.2) is 25.9 Å². The maximum atomic E-state index is 13.3. The zero-order valence-electron chi connectivity index (χ0n) is 16.3. The molecule has 0 aliphatic carbocycles. The molecule has 1 N–H and O–H groups in total. The molecule has 0 spiro atoms. The molecule has 1 aromatic heterocycles. The normalized spacial score (nSPS) is 13.0. The molecule has 0 radical (unpaired) electrons. The van der Waals surface area contributed by atoms with E-state index in [1.165, 1.54) is 0 Å². The Bertz CT molecular complexity index is 845. The smallest absolute Gasteiger partial charge is 0.220 e. The Balaban J connectivity index is 2.32. The molecule has 2 aromatic rings. The van der Waals surface area contributed by atoms with E-state index in [0.29, 0.717) is 17.9 Å². The molecule has 2 rings (SSSR count). The average Bonchev–Trinajstić information content (AvgIpc) is 2.62. The summed E-state index contributed by atoms with van der Waals surface area (Å²) in [5.74, 6) is 0.387. The molecule has 0 saturated heterocycles. The summed E-state index contributed by atoms with van der Waals surface area (Å²) >= 11 is 0. The number of amides is 1. The molecule has 0 bridgehead atoms. The molecule has 1 amide bonds. The van der Waals surface area contributed by atoms with Crippen molar-refractivity contribution in [2.75, 3.05) is 6.54 Å². The largest absolute Gasteiger partial charge is 0.354 e. The van der Waals surface area contributed by atoms with Gasteiger partial charge >= 0.3 is 0 Å². The minimum Gasteiger partial charge on any atom is -0.354 e. The minimum atomic E-state index is -3.68. The first-order valence-electron chi connectivity index (χ1n) is 9.22. The number of nitrogens with zero attached hydrogens (tertiary/aromatic N) is 1. The van der Waals surface area contributed by atoms with Crippen molar-refractivity contribution in [2.24, 2.45) is 5.92 Å². The molecular formula is C21H28N2O3S. The maximum Gasteiger partial charge on any atom is 0.220 e. The predicted molar refractivity (Wildman–Crippen MR) is 107 cm³/mol. The van der Waals surface area contributed by atoms with Gasteiger partial charge in [-0.2, -0.15) is 0 Å². The highest BCUT2D eigenvalue weighted by molar-refractivity contribution is 7.91. The lowest BCUT2D eigenvalue weighted by molar-refractivity contribution is -0.121. The fourth-order valence-corrected chi connectivity index (χ4v) is 4.47. The summed E-state index contributed by atoms with van der Waals surface area (Å²) in [5, 5.41) is 1.89. The lowest BCUT2D eigenvalue weighted by atomic mass is 10.0. The highest BCUT2D eigenvalue weighted by Gasteiger charge is 2.30. The summed E-state index contributed by atoms with van der Waals surface area (Å²) in [7, 11) is -3.68. The van der Waals surface area contributed by atoms with Crippen molar-refractivity contribution in [1.82, 2.24) is 10.3 Å². The highest BCUT2D eigenvalue weighted by Crippen LogP contribution is 2.29. The Morgan fingerprint density at radius 3 is 2.22 bits per heavy atom. The third kappa shape index (κ3) is 5.63. The molecule has 5 nitrogen and oxygen atoms in total. The van der Waals surface area contributed by atoms with Gasteiger partial charge in [0.25, 0.3) is 0 Å². The molecule has 0 unspecified atom stereocenters. The Morgan fingerprint density at radius 2 is 1.70 bits per heavy atom. The number of benzene rings is 1. The van der Waals surface area contributed by atoms with E-state index in [1.54, 1.807) is 36.7 Å². The zero-order chi connectivity index (χ0) is 20.0. The lowest BCUT2D eigenvalue weighted by Crippen LogP contribution is -2.32. The number of carbonyl (C=O) groups is 1. The van der Waals surface area contributed by atoms with Gasteiger partial charge < -0.3 is 5.32 Å². The van der Waals surface area contributed by atoms with Crippen molar-refractivity contribution in [3.05, 3.63) is 59.9 Å². The van der Waals surface area contributed by atoms with Crippen molar-refractivity contribution in [3.63, 3.8) is 0 Å². The minimum absolute atomic E-state index is 0.0194. The van der Waals surface area contributed by atoms with E-state index in [4.69, 9.17) is 0 Å². The van der Waals surface area contributed by atoms with Gasteiger partial charge in [0.15, 0.2) is 9.84 Å². The summed E-state index contributed by atoms with van der Waals surface area (Å²) in [6.07, 6.45) is 3.50.